The molecule has 0 spiro atoms. The molecule has 1 fully saturated rings. The Bertz CT molecular complexity index is 509. The predicted molar refractivity (Wildman–Crippen MR) is 72.2 cm³/mol. The van der Waals surface area contributed by atoms with E-state index >= 15 is 0 Å². The summed E-state index contributed by atoms with van der Waals surface area (Å²) in [5.74, 6) is 0.543. The van der Waals surface area contributed by atoms with E-state index in [4.69, 9.17) is 9.47 Å². The molecule has 5 heteroatoms. The zero-order valence-corrected chi connectivity index (χ0v) is 11.7. The number of carbonyl (C=O) groups excluding carboxylic acids is 2. The Kier molecular flexibility index (Phi) is 4.61. The predicted octanol–water partition coefficient (Wildman–Crippen LogP) is 2.37. The highest BCUT2D eigenvalue weighted by atomic mass is 16.5. The number of hydrogen-bond acceptors (Lipinski definition) is 5. The Morgan fingerprint density at radius 1 is 1.20 bits per heavy atom. The highest BCUT2D eigenvalue weighted by molar-refractivity contribution is 5.90. The summed E-state index contributed by atoms with van der Waals surface area (Å²) in [5, 5.41) is 0. The SMILES string of the molecule is COC(=O)c1ccc(OC)c(OC2CCCCC2=O)c1. The number of ether oxygens (including phenoxy) is 3. The minimum absolute atomic E-state index is 0.0989. The maximum absolute atomic E-state index is 11.8. The van der Waals surface area contributed by atoms with E-state index in [1.54, 1.807) is 18.2 Å². The quantitative estimate of drug-likeness (QED) is 0.791. The van der Waals surface area contributed by atoms with Gasteiger partial charge in [0.2, 0.25) is 0 Å². The highest BCUT2D eigenvalue weighted by Gasteiger charge is 2.25. The van der Waals surface area contributed by atoms with Gasteiger partial charge in [-0.3, -0.25) is 4.79 Å². The zero-order valence-electron chi connectivity index (χ0n) is 11.7. The summed E-state index contributed by atoms with van der Waals surface area (Å²) in [6, 6.07) is 4.78. The molecule has 0 bridgehead atoms. The third kappa shape index (κ3) is 3.10. The van der Waals surface area contributed by atoms with Gasteiger partial charge in [-0.1, -0.05) is 0 Å². The van der Waals surface area contributed by atoms with E-state index in [-0.39, 0.29) is 5.78 Å². The van der Waals surface area contributed by atoms with Crippen molar-refractivity contribution in [3.63, 3.8) is 0 Å². The molecule has 0 aromatic heterocycles. The van der Waals surface area contributed by atoms with Crippen LogP contribution < -0.4 is 9.47 Å². The van der Waals surface area contributed by atoms with Crippen LogP contribution in [0.2, 0.25) is 0 Å². The van der Waals surface area contributed by atoms with Gasteiger partial charge in [-0.2, -0.15) is 0 Å². The topological polar surface area (TPSA) is 61.8 Å². The fourth-order valence-corrected chi connectivity index (χ4v) is 2.24. The van der Waals surface area contributed by atoms with Gasteiger partial charge in [-0.15, -0.1) is 0 Å². The molecule has 0 N–H and O–H groups in total. The fraction of sp³-hybridized carbons (Fsp3) is 0.467. The van der Waals surface area contributed by atoms with Gasteiger partial charge in [0.25, 0.3) is 0 Å². The lowest BCUT2D eigenvalue weighted by Gasteiger charge is -2.23. The van der Waals surface area contributed by atoms with Crippen molar-refractivity contribution in [2.45, 2.75) is 31.8 Å². The van der Waals surface area contributed by atoms with E-state index in [1.807, 2.05) is 0 Å². The smallest absolute Gasteiger partial charge is 0.337 e. The highest BCUT2D eigenvalue weighted by Crippen LogP contribution is 2.31. The summed E-state index contributed by atoms with van der Waals surface area (Å²) < 4.78 is 15.6. The molecule has 2 rings (SSSR count). The molecule has 1 unspecified atom stereocenters. The van der Waals surface area contributed by atoms with Crippen LogP contribution in [0.5, 0.6) is 11.5 Å². The van der Waals surface area contributed by atoms with E-state index in [0.29, 0.717) is 29.9 Å². The molecule has 0 aliphatic heterocycles. The zero-order chi connectivity index (χ0) is 14.5. The summed E-state index contributed by atoms with van der Waals surface area (Å²) in [6.07, 6.45) is 2.67. The Morgan fingerprint density at radius 2 is 2.00 bits per heavy atom. The van der Waals surface area contributed by atoms with E-state index in [0.717, 1.165) is 12.8 Å². The monoisotopic (exact) mass is 278 g/mol. The van der Waals surface area contributed by atoms with Gasteiger partial charge < -0.3 is 14.2 Å². The minimum atomic E-state index is -0.453. The molecule has 1 aromatic rings. The summed E-state index contributed by atoms with van der Waals surface area (Å²) in [7, 11) is 2.83. The van der Waals surface area contributed by atoms with Crippen LogP contribution >= 0.6 is 0 Å². The first-order chi connectivity index (χ1) is 9.65. The largest absolute Gasteiger partial charge is 0.493 e. The molecular formula is C15H18O5. The molecule has 0 saturated heterocycles. The molecule has 1 aromatic carbocycles. The van der Waals surface area contributed by atoms with Crippen molar-refractivity contribution in [1.82, 2.24) is 0 Å². The van der Waals surface area contributed by atoms with E-state index in [2.05, 4.69) is 4.74 Å². The number of Topliss-reactive ketones (excluding diaryl/α,β-unsaturated/α-hetero) is 1. The van der Waals surface area contributed by atoms with Crippen molar-refractivity contribution in [1.29, 1.82) is 0 Å². The van der Waals surface area contributed by atoms with Crippen molar-refractivity contribution < 1.29 is 23.8 Å². The first kappa shape index (κ1) is 14.4. The first-order valence-electron chi connectivity index (χ1n) is 6.61. The summed E-state index contributed by atoms with van der Waals surface area (Å²) in [6.45, 7) is 0. The van der Waals surface area contributed by atoms with Gasteiger partial charge in [0, 0.05) is 6.42 Å². The third-order valence-electron chi connectivity index (χ3n) is 3.35. The van der Waals surface area contributed by atoms with E-state index < -0.39 is 12.1 Å². The van der Waals surface area contributed by atoms with Crippen molar-refractivity contribution >= 4 is 11.8 Å². The Hall–Kier alpha value is -2.04. The molecule has 0 radical (unpaired) electrons. The van der Waals surface area contributed by atoms with Crippen LogP contribution in [0.4, 0.5) is 0 Å². The number of hydrogen-bond donors (Lipinski definition) is 0. The van der Waals surface area contributed by atoms with Gasteiger partial charge >= 0.3 is 5.97 Å². The average Bonchev–Trinajstić information content (AvgIpc) is 2.48. The standard InChI is InChI=1S/C15H18O5/c1-18-13-8-7-10(15(17)19-2)9-14(13)20-12-6-4-3-5-11(12)16/h7-9,12H,3-6H2,1-2H3. The van der Waals surface area contributed by atoms with Crippen LogP contribution in [0.15, 0.2) is 18.2 Å². The van der Waals surface area contributed by atoms with Gasteiger partial charge in [0.1, 0.15) is 0 Å². The molecule has 0 amide bonds. The molecule has 1 saturated carbocycles. The Labute approximate surface area is 117 Å². The van der Waals surface area contributed by atoms with Crippen LogP contribution in [0.25, 0.3) is 0 Å². The summed E-state index contributed by atoms with van der Waals surface area (Å²) >= 11 is 0. The number of benzene rings is 1. The molecule has 20 heavy (non-hydrogen) atoms. The maximum Gasteiger partial charge on any atom is 0.337 e. The third-order valence-corrected chi connectivity index (χ3v) is 3.35. The summed E-state index contributed by atoms with van der Waals surface area (Å²) in [5.41, 5.74) is 0.367. The molecule has 1 aliphatic rings. The number of carbonyl (C=O) groups is 2. The molecule has 0 heterocycles. The van der Waals surface area contributed by atoms with E-state index in [9.17, 15) is 9.59 Å². The number of ketones is 1. The van der Waals surface area contributed by atoms with Crippen LogP contribution in [0.3, 0.4) is 0 Å². The lowest BCUT2D eigenvalue weighted by molar-refractivity contribution is -0.127. The molecule has 108 valence electrons. The van der Waals surface area contributed by atoms with Crippen LogP contribution in [0, 0.1) is 0 Å². The number of esters is 1. The normalized spacial score (nSPS) is 18.5. The van der Waals surface area contributed by atoms with E-state index in [1.165, 1.54) is 14.2 Å². The molecule has 1 aliphatic carbocycles. The maximum atomic E-state index is 11.8. The van der Waals surface area contributed by atoms with Gasteiger partial charge in [-0.25, -0.2) is 4.79 Å². The van der Waals surface area contributed by atoms with Crippen LogP contribution in [0.1, 0.15) is 36.0 Å². The van der Waals surface area contributed by atoms with Crippen molar-refractivity contribution in [2.24, 2.45) is 0 Å². The summed E-state index contributed by atoms with van der Waals surface area (Å²) in [4.78, 5) is 23.4. The van der Waals surface area contributed by atoms with Gasteiger partial charge in [0.15, 0.2) is 23.4 Å². The second kappa shape index (κ2) is 6.41. The first-order valence-corrected chi connectivity index (χ1v) is 6.61. The fourth-order valence-electron chi connectivity index (χ4n) is 2.24. The van der Waals surface area contributed by atoms with Gasteiger partial charge in [-0.05, 0) is 37.5 Å². The molecule has 1 atom stereocenters. The number of methoxy groups -OCH3 is 2. The second-order valence-electron chi connectivity index (χ2n) is 4.68. The van der Waals surface area contributed by atoms with Crippen molar-refractivity contribution in [2.75, 3.05) is 14.2 Å². The number of rotatable bonds is 4. The Morgan fingerprint density at radius 3 is 2.65 bits per heavy atom. The van der Waals surface area contributed by atoms with Gasteiger partial charge in [0.05, 0.1) is 19.8 Å². The Balaban J connectivity index is 2.23. The van der Waals surface area contributed by atoms with Crippen LogP contribution in [-0.2, 0) is 9.53 Å². The van der Waals surface area contributed by atoms with Crippen molar-refractivity contribution in [3.05, 3.63) is 23.8 Å². The lowest BCUT2D eigenvalue weighted by atomic mass is 9.96. The lowest BCUT2D eigenvalue weighted by Crippen LogP contribution is -2.30. The minimum Gasteiger partial charge on any atom is -0.493 e. The average molecular weight is 278 g/mol. The second-order valence-corrected chi connectivity index (χ2v) is 4.68. The van der Waals surface area contributed by atoms with Crippen molar-refractivity contribution in [3.8, 4) is 11.5 Å². The van der Waals surface area contributed by atoms with Crippen LogP contribution in [-0.4, -0.2) is 32.1 Å². The molecule has 5 nitrogen and oxygen atoms in total. The molecular weight excluding hydrogens is 260 g/mol.